The van der Waals surface area contributed by atoms with E-state index in [1.54, 1.807) is 18.2 Å². The zero-order valence-electron chi connectivity index (χ0n) is 9.57. The van der Waals surface area contributed by atoms with Crippen LogP contribution in [0.4, 0.5) is 5.69 Å². The van der Waals surface area contributed by atoms with Crippen molar-refractivity contribution in [3.8, 4) is 0 Å². The van der Waals surface area contributed by atoms with Crippen molar-refractivity contribution >= 4 is 28.6 Å². The van der Waals surface area contributed by atoms with Gasteiger partial charge in [-0.25, -0.2) is 4.79 Å². The van der Waals surface area contributed by atoms with Crippen molar-refractivity contribution < 1.29 is 14.3 Å². The van der Waals surface area contributed by atoms with Gasteiger partial charge in [0.05, 0.1) is 18.1 Å². The Morgan fingerprint density at radius 2 is 2.00 bits per heavy atom. The number of nitrogens with one attached hydrogen (secondary N) is 3. The fourth-order valence-electron chi connectivity index (χ4n) is 1.52. The summed E-state index contributed by atoms with van der Waals surface area (Å²) in [5.41, 5.74) is 1.40. The molecular formula is C11H11N3O4. The molecule has 7 nitrogen and oxygen atoms in total. The van der Waals surface area contributed by atoms with E-state index in [4.69, 9.17) is 0 Å². The molecule has 0 fully saturated rings. The van der Waals surface area contributed by atoms with Crippen LogP contribution in [0.25, 0.3) is 11.0 Å². The molecule has 0 aliphatic carbocycles. The lowest BCUT2D eigenvalue weighted by Crippen LogP contribution is -2.17. The Labute approximate surface area is 101 Å². The van der Waals surface area contributed by atoms with Crippen LogP contribution in [-0.4, -0.2) is 29.0 Å². The van der Waals surface area contributed by atoms with Crippen molar-refractivity contribution in [2.24, 2.45) is 0 Å². The molecule has 0 unspecified atom stereocenters. The highest BCUT2D eigenvalue weighted by atomic mass is 16.5. The van der Waals surface area contributed by atoms with Crippen LogP contribution < -0.4 is 11.0 Å². The third kappa shape index (κ3) is 2.57. The third-order valence-corrected chi connectivity index (χ3v) is 2.33. The van der Waals surface area contributed by atoms with Gasteiger partial charge >= 0.3 is 11.7 Å². The quantitative estimate of drug-likeness (QED) is 0.539. The molecule has 0 radical (unpaired) electrons. The highest BCUT2D eigenvalue weighted by Gasteiger charge is 2.10. The number of hydrogen-bond acceptors (Lipinski definition) is 4. The predicted molar refractivity (Wildman–Crippen MR) is 64.2 cm³/mol. The van der Waals surface area contributed by atoms with Crippen molar-refractivity contribution in [3.63, 3.8) is 0 Å². The third-order valence-electron chi connectivity index (χ3n) is 2.33. The summed E-state index contributed by atoms with van der Waals surface area (Å²) in [7, 11) is 1.21. The number of ether oxygens (including phenoxy) is 1. The summed E-state index contributed by atoms with van der Waals surface area (Å²) in [6.45, 7) is 0. The number of fused-ring (bicyclic) bond motifs is 1. The van der Waals surface area contributed by atoms with Crippen LogP contribution in [0.15, 0.2) is 23.0 Å². The Morgan fingerprint density at radius 1 is 1.28 bits per heavy atom. The fourth-order valence-corrected chi connectivity index (χ4v) is 1.52. The molecule has 1 aromatic carbocycles. The van der Waals surface area contributed by atoms with E-state index in [0.29, 0.717) is 16.7 Å². The Balaban J connectivity index is 2.14. The molecule has 0 saturated carbocycles. The lowest BCUT2D eigenvalue weighted by atomic mass is 10.2. The van der Waals surface area contributed by atoms with Gasteiger partial charge in [0.1, 0.15) is 6.42 Å². The van der Waals surface area contributed by atoms with Crippen LogP contribution in [-0.2, 0) is 14.3 Å². The van der Waals surface area contributed by atoms with Gasteiger partial charge in [-0.3, -0.25) is 9.59 Å². The van der Waals surface area contributed by atoms with Crippen LogP contribution in [0.3, 0.4) is 0 Å². The van der Waals surface area contributed by atoms with Crippen molar-refractivity contribution in [3.05, 3.63) is 28.7 Å². The van der Waals surface area contributed by atoms with E-state index >= 15 is 0 Å². The fraction of sp³-hybridized carbons (Fsp3) is 0.182. The van der Waals surface area contributed by atoms with Gasteiger partial charge in [-0.05, 0) is 18.2 Å². The average Bonchev–Trinajstić information content (AvgIpc) is 2.68. The van der Waals surface area contributed by atoms with Crippen LogP contribution in [0.2, 0.25) is 0 Å². The SMILES string of the molecule is COC(=O)CC(=O)Nc1ccc2[nH]c(=O)[nH]c2c1. The second kappa shape index (κ2) is 4.74. The molecule has 3 N–H and O–H groups in total. The number of carbonyl (C=O) groups excluding carboxylic acids is 2. The van der Waals surface area contributed by atoms with Crippen LogP contribution in [0.1, 0.15) is 6.42 Å². The topological polar surface area (TPSA) is 104 Å². The van der Waals surface area contributed by atoms with Crippen molar-refractivity contribution in [2.45, 2.75) is 6.42 Å². The number of aromatic amines is 2. The van der Waals surface area contributed by atoms with Crippen LogP contribution in [0.5, 0.6) is 0 Å². The summed E-state index contributed by atoms with van der Waals surface area (Å²) in [5.74, 6) is -1.08. The zero-order valence-corrected chi connectivity index (χ0v) is 9.57. The van der Waals surface area contributed by atoms with Gasteiger partial charge in [-0.15, -0.1) is 0 Å². The lowest BCUT2D eigenvalue weighted by Gasteiger charge is -2.04. The van der Waals surface area contributed by atoms with Crippen LogP contribution >= 0.6 is 0 Å². The molecule has 2 aromatic rings. The van der Waals surface area contributed by atoms with E-state index in [2.05, 4.69) is 20.0 Å². The van der Waals surface area contributed by atoms with E-state index in [1.807, 2.05) is 0 Å². The second-order valence-electron chi connectivity index (χ2n) is 3.64. The van der Waals surface area contributed by atoms with Gasteiger partial charge in [0, 0.05) is 5.69 Å². The summed E-state index contributed by atoms with van der Waals surface area (Å²) in [4.78, 5) is 38.5. The number of benzene rings is 1. The molecule has 1 amide bonds. The van der Waals surface area contributed by atoms with Gasteiger partial charge in [0.2, 0.25) is 5.91 Å². The normalized spacial score (nSPS) is 10.3. The first-order valence-electron chi connectivity index (χ1n) is 5.17. The molecule has 94 valence electrons. The molecular weight excluding hydrogens is 238 g/mol. The van der Waals surface area contributed by atoms with Gasteiger partial charge in [0.25, 0.3) is 0 Å². The summed E-state index contributed by atoms with van der Waals surface area (Å²) >= 11 is 0. The average molecular weight is 249 g/mol. The molecule has 0 spiro atoms. The number of hydrogen-bond donors (Lipinski definition) is 3. The number of H-pyrrole nitrogens is 2. The van der Waals surface area contributed by atoms with E-state index in [0.717, 1.165) is 0 Å². The molecule has 0 aliphatic rings. The van der Waals surface area contributed by atoms with E-state index < -0.39 is 11.9 Å². The largest absolute Gasteiger partial charge is 0.469 e. The number of anilines is 1. The monoisotopic (exact) mass is 249 g/mol. The van der Waals surface area contributed by atoms with Crippen LogP contribution in [0, 0.1) is 0 Å². The van der Waals surface area contributed by atoms with Gasteiger partial charge < -0.3 is 20.0 Å². The van der Waals surface area contributed by atoms with E-state index in [1.165, 1.54) is 7.11 Å². The lowest BCUT2D eigenvalue weighted by molar-refractivity contribution is -0.142. The molecule has 2 rings (SSSR count). The first-order valence-corrected chi connectivity index (χ1v) is 5.17. The first-order chi connectivity index (χ1) is 8.58. The first kappa shape index (κ1) is 11.9. The highest BCUT2D eigenvalue weighted by Crippen LogP contribution is 2.14. The minimum atomic E-state index is -0.608. The molecule has 1 heterocycles. The minimum Gasteiger partial charge on any atom is -0.469 e. The maximum Gasteiger partial charge on any atom is 0.323 e. The minimum absolute atomic E-state index is 0.317. The Morgan fingerprint density at radius 3 is 2.72 bits per heavy atom. The molecule has 0 bridgehead atoms. The number of esters is 1. The van der Waals surface area contributed by atoms with E-state index in [9.17, 15) is 14.4 Å². The number of imidazole rings is 1. The standard InChI is InChI=1S/C11H11N3O4/c1-18-10(16)5-9(15)12-6-2-3-7-8(4-6)14-11(17)13-7/h2-4H,5H2,1H3,(H,12,15)(H2,13,14,17). The van der Waals surface area contributed by atoms with Gasteiger partial charge in [-0.1, -0.05) is 0 Å². The maximum atomic E-state index is 11.4. The van der Waals surface area contributed by atoms with Crippen molar-refractivity contribution in [1.29, 1.82) is 0 Å². The van der Waals surface area contributed by atoms with Crippen molar-refractivity contribution in [2.75, 3.05) is 12.4 Å². The second-order valence-corrected chi connectivity index (χ2v) is 3.64. The number of rotatable bonds is 3. The Hall–Kier alpha value is -2.57. The summed E-state index contributed by atoms with van der Waals surface area (Å²) < 4.78 is 4.38. The smallest absolute Gasteiger partial charge is 0.323 e. The highest BCUT2D eigenvalue weighted by molar-refractivity contribution is 6.02. The zero-order chi connectivity index (χ0) is 13.1. The predicted octanol–water partition coefficient (Wildman–Crippen LogP) is 0.358. The van der Waals surface area contributed by atoms with Crippen molar-refractivity contribution in [1.82, 2.24) is 9.97 Å². The maximum absolute atomic E-state index is 11.4. The molecule has 0 aliphatic heterocycles. The number of amides is 1. The Kier molecular flexibility index (Phi) is 3.13. The van der Waals surface area contributed by atoms with E-state index in [-0.39, 0.29) is 12.1 Å². The summed E-state index contributed by atoms with van der Waals surface area (Å²) in [5, 5.41) is 2.53. The van der Waals surface area contributed by atoms with Gasteiger partial charge in [0.15, 0.2) is 0 Å². The summed E-state index contributed by atoms with van der Waals surface area (Å²) in [6, 6.07) is 4.88. The number of methoxy groups -OCH3 is 1. The van der Waals surface area contributed by atoms with Gasteiger partial charge in [-0.2, -0.15) is 0 Å². The number of aromatic nitrogens is 2. The number of carbonyl (C=O) groups is 2. The Bertz CT molecular complexity index is 656. The molecule has 1 aromatic heterocycles. The molecule has 0 atom stereocenters. The molecule has 0 saturated heterocycles. The molecule has 7 heteroatoms. The summed E-state index contributed by atoms with van der Waals surface area (Å²) in [6.07, 6.45) is -0.349. The molecule has 18 heavy (non-hydrogen) atoms.